The topological polar surface area (TPSA) is 80.3 Å². The van der Waals surface area contributed by atoms with Gasteiger partial charge >= 0.3 is 0 Å². The summed E-state index contributed by atoms with van der Waals surface area (Å²) in [5, 5.41) is 7.13. The van der Waals surface area contributed by atoms with Crippen LogP contribution in [0.15, 0.2) is 59.6 Å². The van der Waals surface area contributed by atoms with E-state index in [1.807, 2.05) is 49.4 Å². The lowest BCUT2D eigenvalue weighted by atomic mass is 10.0. The van der Waals surface area contributed by atoms with E-state index in [1.54, 1.807) is 7.11 Å². The number of ether oxygens (including phenoxy) is 1. The first kappa shape index (κ1) is 21.6. The molecule has 0 saturated heterocycles. The van der Waals surface area contributed by atoms with Gasteiger partial charge in [-0.1, -0.05) is 49.0 Å². The molecular formula is C23H25N3O3S. The molecule has 3 aromatic rings. The molecule has 1 aromatic heterocycles. The van der Waals surface area contributed by atoms with Crippen LogP contribution in [0.1, 0.15) is 13.3 Å². The molecule has 0 radical (unpaired) electrons. The summed E-state index contributed by atoms with van der Waals surface area (Å²) in [7, 11) is 1.62. The molecule has 0 unspecified atom stereocenters. The van der Waals surface area contributed by atoms with Gasteiger partial charge in [0.1, 0.15) is 5.75 Å². The number of carbonyl (C=O) groups is 2. The van der Waals surface area contributed by atoms with Crippen LogP contribution in [-0.2, 0) is 9.59 Å². The standard InChI is InChI=1S/C23H25N3O3S/c1-3-11-24-21(27)14-25-22(28)15-30-23-13-19(16-7-5-4-6-8-16)18-10-9-17(29-2)12-20(18)26-23/h4-10,12-13H,3,11,14-15H2,1-2H3,(H,24,27)(H,25,28). The Kier molecular flexibility index (Phi) is 7.68. The number of carbonyl (C=O) groups excluding carboxylic acids is 2. The van der Waals surface area contributed by atoms with Crippen LogP contribution in [-0.4, -0.2) is 42.8 Å². The maximum Gasteiger partial charge on any atom is 0.239 e. The van der Waals surface area contributed by atoms with E-state index in [0.717, 1.165) is 39.2 Å². The Morgan fingerprint density at radius 1 is 1.03 bits per heavy atom. The fourth-order valence-corrected chi connectivity index (χ4v) is 3.68. The molecule has 0 aliphatic carbocycles. The lowest BCUT2D eigenvalue weighted by Crippen LogP contribution is -2.37. The van der Waals surface area contributed by atoms with Crippen molar-refractivity contribution < 1.29 is 14.3 Å². The van der Waals surface area contributed by atoms with Gasteiger partial charge in [0.15, 0.2) is 0 Å². The van der Waals surface area contributed by atoms with Crippen LogP contribution in [0.25, 0.3) is 22.0 Å². The number of benzene rings is 2. The molecule has 156 valence electrons. The van der Waals surface area contributed by atoms with Crippen LogP contribution in [0.4, 0.5) is 0 Å². The summed E-state index contributed by atoms with van der Waals surface area (Å²) in [4.78, 5) is 28.5. The summed E-state index contributed by atoms with van der Waals surface area (Å²) < 4.78 is 5.34. The SMILES string of the molecule is CCCNC(=O)CNC(=O)CSc1cc(-c2ccccc2)c2ccc(OC)cc2n1. The van der Waals surface area contributed by atoms with Crippen molar-refractivity contribution in [3.63, 3.8) is 0 Å². The second-order valence-electron chi connectivity index (χ2n) is 6.67. The Balaban J connectivity index is 1.77. The van der Waals surface area contributed by atoms with E-state index >= 15 is 0 Å². The van der Waals surface area contributed by atoms with Crippen LogP contribution < -0.4 is 15.4 Å². The fourth-order valence-electron chi connectivity index (χ4n) is 2.94. The second kappa shape index (κ2) is 10.6. The first-order chi connectivity index (χ1) is 14.6. The number of hydrogen-bond donors (Lipinski definition) is 2. The Morgan fingerprint density at radius 3 is 2.57 bits per heavy atom. The van der Waals surface area contributed by atoms with E-state index in [0.29, 0.717) is 6.54 Å². The highest BCUT2D eigenvalue weighted by atomic mass is 32.2. The van der Waals surface area contributed by atoms with E-state index in [9.17, 15) is 9.59 Å². The van der Waals surface area contributed by atoms with E-state index < -0.39 is 0 Å². The number of hydrogen-bond acceptors (Lipinski definition) is 5. The number of rotatable bonds is 9. The molecule has 2 amide bonds. The van der Waals surface area contributed by atoms with Crippen molar-refractivity contribution in [1.29, 1.82) is 0 Å². The average Bonchev–Trinajstić information content (AvgIpc) is 2.79. The highest BCUT2D eigenvalue weighted by Gasteiger charge is 2.12. The van der Waals surface area contributed by atoms with Crippen molar-refractivity contribution in [3.05, 3.63) is 54.6 Å². The molecule has 0 aliphatic heterocycles. The summed E-state index contributed by atoms with van der Waals surface area (Å²) in [5.41, 5.74) is 2.93. The van der Waals surface area contributed by atoms with Gasteiger partial charge in [-0.05, 0) is 35.7 Å². The largest absolute Gasteiger partial charge is 0.497 e. The zero-order valence-electron chi connectivity index (χ0n) is 17.1. The van der Waals surface area contributed by atoms with Gasteiger partial charge in [0.25, 0.3) is 0 Å². The zero-order valence-corrected chi connectivity index (χ0v) is 17.9. The van der Waals surface area contributed by atoms with Crippen molar-refractivity contribution in [3.8, 4) is 16.9 Å². The molecule has 2 aromatic carbocycles. The summed E-state index contributed by atoms with van der Waals surface area (Å²) in [5.74, 6) is 0.516. The number of nitrogens with one attached hydrogen (secondary N) is 2. The third-order valence-electron chi connectivity index (χ3n) is 4.45. The van der Waals surface area contributed by atoms with E-state index in [1.165, 1.54) is 11.8 Å². The van der Waals surface area contributed by atoms with Gasteiger partial charge in [-0.25, -0.2) is 4.98 Å². The smallest absolute Gasteiger partial charge is 0.239 e. The van der Waals surface area contributed by atoms with Crippen molar-refractivity contribution >= 4 is 34.5 Å². The Labute approximate surface area is 180 Å². The van der Waals surface area contributed by atoms with Crippen LogP contribution in [0.2, 0.25) is 0 Å². The summed E-state index contributed by atoms with van der Waals surface area (Å²) >= 11 is 1.34. The molecule has 2 N–H and O–H groups in total. The molecule has 30 heavy (non-hydrogen) atoms. The quantitative estimate of drug-likeness (QED) is 0.514. The van der Waals surface area contributed by atoms with Crippen molar-refractivity contribution in [2.75, 3.05) is 26.0 Å². The lowest BCUT2D eigenvalue weighted by molar-refractivity contribution is -0.124. The van der Waals surface area contributed by atoms with Crippen molar-refractivity contribution in [1.82, 2.24) is 15.6 Å². The van der Waals surface area contributed by atoms with Crippen molar-refractivity contribution in [2.24, 2.45) is 0 Å². The number of amides is 2. The normalized spacial score (nSPS) is 10.6. The molecular weight excluding hydrogens is 398 g/mol. The second-order valence-corrected chi connectivity index (χ2v) is 7.67. The molecule has 0 aliphatic rings. The number of pyridine rings is 1. The number of aromatic nitrogens is 1. The highest BCUT2D eigenvalue weighted by molar-refractivity contribution is 7.99. The molecule has 0 bridgehead atoms. The molecule has 1 heterocycles. The van der Waals surface area contributed by atoms with Gasteiger partial charge in [-0.2, -0.15) is 0 Å². The third-order valence-corrected chi connectivity index (χ3v) is 5.36. The molecule has 6 nitrogen and oxygen atoms in total. The fraction of sp³-hybridized carbons (Fsp3) is 0.261. The van der Waals surface area contributed by atoms with Gasteiger partial charge in [0, 0.05) is 18.0 Å². The predicted molar refractivity (Wildman–Crippen MR) is 121 cm³/mol. The van der Waals surface area contributed by atoms with Gasteiger partial charge in [0.05, 0.1) is 30.0 Å². The maximum absolute atomic E-state index is 12.2. The lowest BCUT2D eigenvalue weighted by Gasteiger charge is -2.11. The van der Waals surface area contributed by atoms with Crippen LogP contribution >= 0.6 is 11.8 Å². The minimum Gasteiger partial charge on any atom is -0.497 e. The summed E-state index contributed by atoms with van der Waals surface area (Å²) in [6, 6.07) is 17.9. The minimum atomic E-state index is -0.208. The molecule has 7 heteroatoms. The van der Waals surface area contributed by atoms with Gasteiger partial charge < -0.3 is 15.4 Å². The number of thioether (sulfide) groups is 1. The van der Waals surface area contributed by atoms with Gasteiger partial charge in [-0.15, -0.1) is 0 Å². The Hall–Kier alpha value is -3.06. The van der Waals surface area contributed by atoms with E-state index in [4.69, 9.17) is 9.72 Å². The number of fused-ring (bicyclic) bond motifs is 1. The first-order valence-electron chi connectivity index (χ1n) is 9.81. The minimum absolute atomic E-state index is 0.0169. The molecule has 3 rings (SSSR count). The third kappa shape index (κ3) is 5.73. The molecule has 0 saturated carbocycles. The Bertz CT molecular complexity index is 1020. The van der Waals surface area contributed by atoms with Crippen LogP contribution in [0.5, 0.6) is 5.75 Å². The maximum atomic E-state index is 12.2. The van der Waals surface area contributed by atoms with Gasteiger partial charge in [-0.3, -0.25) is 9.59 Å². The summed E-state index contributed by atoms with van der Waals surface area (Å²) in [6.07, 6.45) is 0.859. The van der Waals surface area contributed by atoms with Crippen LogP contribution in [0.3, 0.4) is 0 Å². The number of nitrogens with zero attached hydrogens (tertiary/aromatic N) is 1. The Morgan fingerprint density at radius 2 is 1.83 bits per heavy atom. The van der Waals surface area contributed by atoms with E-state index in [-0.39, 0.29) is 24.1 Å². The van der Waals surface area contributed by atoms with Crippen molar-refractivity contribution in [2.45, 2.75) is 18.4 Å². The predicted octanol–water partition coefficient (Wildman–Crippen LogP) is 3.64. The van der Waals surface area contributed by atoms with Gasteiger partial charge in [0.2, 0.25) is 11.8 Å². The van der Waals surface area contributed by atoms with Crippen LogP contribution in [0, 0.1) is 0 Å². The first-order valence-corrected chi connectivity index (χ1v) is 10.8. The molecule has 0 atom stereocenters. The monoisotopic (exact) mass is 423 g/mol. The molecule has 0 fully saturated rings. The average molecular weight is 424 g/mol. The summed E-state index contributed by atoms with van der Waals surface area (Å²) in [6.45, 7) is 2.57. The number of methoxy groups -OCH3 is 1. The molecule has 0 spiro atoms. The highest BCUT2D eigenvalue weighted by Crippen LogP contribution is 2.33. The van der Waals surface area contributed by atoms with E-state index in [2.05, 4.69) is 22.8 Å². The zero-order chi connectivity index (χ0) is 21.3.